The molecule has 3 nitrogen and oxygen atoms in total. The van der Waals surface area contributed by atoms with E-state index >= 15 is 0 Å². The van der Waals surface area contributed by atoms with Gasteiger partial charge in [-0.3, -0.25) is 4.79 Å². The van der Waals surface area contributed by atoms with E-state index in [0.29, 0.717) is 18.8 Å². The van der Waals surface area contributed by atoms with E-state index in [2.05, 4.69) is 5.32 Å². The van der Waals surface area contributed by atoms with Crippen molar-refractivity contribution in [3.8, 4) is 0 Å². The zero-order valence-electron chi connectivity index (χ0n) is 12.2. The lowest BCUT2D eigenvalue weighted by Crippen LogP contribution is -2.48. The summed E-state index contributed by atoms with van der Waals surface area (Å²) in [6, 6.07) is 10.5. The fourth-order valence-corrected chi connectivity index (χ4v) is 2.61. The van der Waals surface area contributed by atoms with Gasteiger partial charge >= 0.3 is 5.92 Å². The van der Waals surface area contributed by atoms with Gasteiger partial charge < -0.3 is 10.2 Å². The van der Waals surface area contributed by atoms with E-state index in [1.807, 2.05) is 0 Å². The first kappa shape index (κ1) is 15.6. The molecule has 1 amide bonds. The number of anilines is 1. The smallest absolute Gasteiger partial charge is 0.301 e. The van der Waals surface area contributed by atoms with Gasteiger partial charge in [-0.25, -0.2) is 4.39 Å². The van der Waals surface area contributed by atoms with Crippen molar-refractivity contribution in [2.75, 3.05) is 24.5 Å². The second kappa shape index (κ2) is 6.04. The van der Waals surface area contributed by atoms with Crippen LogP contribution in [0.2, 0.25) is 0 Å². The number of hydrogen-bond acceptors (Lipinski definition) is 2. The van der Waals surface area contributed by atoms with Crippen LogP contribution in [0.25, 0.3) is 0 Å². The van der Waals surface area contributed by atoms with Crippen molar-refractivity contribution in [1.29, 1.82) is 0 Å². The minimum absolute atomic E-state index is 0.156. The minimum Gasteiger partial charge on any atom is -0.310 e. The standard InChI is InChI=1S/C17H15F3N2O/c18-15-10-13(22-9-8-21-11-16(22)23)6-7-14(15)17(19,20)12-4-2-1-3-5-12/h1-7,10,21H,8-9,11H2. The Bertz CT molecular complexity index is 719. The highest BCUT2D eigenvalue weighted by atomic mass is 19.3. The summed E-state index contributed by atoms with van der Waals surface area (Å²) in [5, 5.41) is 2.90. The monoisotopic (exact) mass is 320 g/mol. The summed E-state index contributed by atoms with van der Waals surface area (Å²) in [5.41, 5.74) is -0.679. The molecule has 1 aliphatic rings. The van der Waals surface area contributed by atoms with Crippen LogP contribution in [0.1, 0.15) is 11.1 Å². The van der Waals surface area contributed by atoms with E-state index in [-0.39, 0.29) is 18.0 Å². The number of amides is 1. The van der Waals surface area contributed by atoms with E-state index in [1.54, 1.807) is 6.07 Å². The van der Waals surface area contributed by atoms with Crippen molar-refractivity contribution in [2.24, 2.45) is 0 Å². The topological polar surface area (TPSA) is 32.3 Å². The first-order valence-corrected chi connectivity index (χ1v) is 7.24. The molecular formula is C17H15F3N2O. The fraction of sp³-hybridized carbons (Fsp3) is 0.235. The average Bonchev–Trinajstić information content (AvgIpc) is 2.56. The predicted molar refractivity (Wildman–Crippen MR) is 81.1 cm³/mol. The largest absolute Gasteiger partial charge is 0.310 e. The van der Waals surface area contributed by atoms with Gasteiger partial charge in [0.05, 0.1) is 12.1 Å². The minimum atomic E-state index is -3.43. The molecular weight excluding hydrogens is 305 g/mol. The van der Waals surface area contributed by atoms with Gasteiger partial charge in [0.25, 0.3) is 0 Å². The van der Waals surface area contributed by atoms with Crippen LogP contribution in [-0.2, 0) is 10.7 Å². The van der Waals surface area contributed by atoms with Gasteiger partial charge in [0.1, 0.15) is 5.82 Å². The number of piperazine rings is 1. The maximum Gasteiger partial charge on any atom is 0.301 e. The van der Waals surface area contributed by atoms with Crippen molar-refractivity contribution >= 4 is 11.6 Å². The number of nitrogens with one attached hydrogen (secondary N) is 1. The lowest BCUT2D eigenvalue weighted by atomic mass is 9.99. The van der Waals surface area contributed by atoms with E-state index in [1.165, 1.54) is 35.2 Å². The van der Waals surface area contributed by atoms with Gasteiger partial charge in [-0.15, -0.1) is 0 Å². The van der Waals surface area contributed by atoms with Crippen molar-refractivity contribution in [2.45, 2.75) is 5.92 Å². The molecule has 23 heavy (non-hydrogen) atoms. The van der Waals surface area contributed by atoms with Crippen LogP contribution in [0, 0.1) is 5.82 Å². The van der Waals surface area contributed by atoms with Crippen LogP contribution >= 0.6 is 0 Å². The molecule has 0 bridgehead atoms. The molecule has 1 N–H and O–H groups in total. The van der Waals surface area contributed by atoms with Gasteiger partial charge in [-0.2, -0.15) is 8.78 Å². The first-order chi connectivity index (χ1) is 11.0. The Kier molecular flexibility index (Phi) is 4.09. The molecule has 120 valence electrons. The Hall–Kier alpha value is -2.34. The van der Waals surface area contributed by atoms with Crippen LogP contribution in [-0.4, -0.2) is 25.5 Å². The second-order valence-electron chi connectivity index (χ2n) is 5.33. The molecule has 1 aliphatic heterocycles. The van der Waals surface area contributed by atoms with Crippen molar-refractivity contribution in [3.05, 3.63) is 65.5 Å². The summed E-state index contributed by atoms with van der Waals surface area (Å²) in [6.45, 7) is 1.12. The maximum atomic E-state index is 14.5. The zero-order valence-corrected chi connectivity index (χ0v) is 12.2. The third-order valence-corrected chi connectivity index (χ3v) is 3.83. The Morgan fingerprint density at radius 3 is 2.48 bits per heavy atom. The number of carbonyl (C=O) groups is 1. The van der Waals surface area contributed by atoms with Gasteiger partial charge in [0.2, 0.25) is 5.91 Å². The molecule has 0 spiro atoms. The van der Waals surface area contributed by atoms with Crippen LogP contribution < -0.4 is 10.2 Å². The van der Waals surface area contributed by atoms with Gasteiger partial charge in [0.15, 0.2) is 0 Å². The quantitative estimate of drug-likeness (QED) is 0.943. The van der Waals surface area contributed by atoms with Crippen LogP contribution in [0.5, 0.6) is 0 Å². The normalized spacial score (nSPS) is 15.8. The van der Waals surface area contributed by atoms with E-state index < -0.39 is 17.3 Å². The SMILES string of the molecule is O=C1CNCCN1c1ccc(C(F)(F)c2ccccc2)c(F)c1. The van der Waals surface area contributed by atoms with E-state index in [4.69, 9.17) is 0 Å². The third-order valence-electron chi connectivity index (χ3n) is 3.83. The van der Waals surface area contributed by atoms with Gasteiger partial charge in [0, 0.05) is 24.3 Å². The Morgan fingerprint density at radius 1 is 1.09 bits per heavy atom. The lowest BCUT2D eigenvalue weighted by Gasteiger charge is -2.28. The maximum absolute atomic E-state index is 14.5. The molecule has 2 aromatic rings. The van der Waals surface area contributed by atoms with E-state index in [0.717, 1.165) is 12.1 Å². The summed E-state index contributed by atoms with van der Waals surface area (Å²) in [4.78, 5) is 13.2. The molecule has 2 aromatic carbocycles. The third kappa shape index (κ3) is 2.94. The summed E-state index contributed by atoms with van der Waals surface area (Å²) >= 11 is 0. The molecule has 1 heterocycles. The van der Waals surface area contributed by atoms with Crippen LogP contribution in [0.15, 0.2) is 48.5 Å². The molecule has 0 unspecified atom stereocenters. The molecule has 6 heteroatoms. The summed E-state index contributed by atoms with van der Waals surface area (Å²) in [5.74, 6) is -4.67. The number of halogens is 3. The molecule has 3 rings (SSSR count). The van der Waals surface area contributed by atoms with Crippen molar-refractivity contribution < 1.29 is 18.0 Å². The predicted octanol–water partition coefficient (Wildman–Crippen LogP) is 2.90. The van der Waals surface area contributed by atoms with Crippen LogP contribution in [0.3, 0.4) is 0 Å². The summed E-state index contributed by atoms with van der Waals surface area (Å²) in [6.07, 6.45) is 0. The molecule has 1 saturated heterocycles. The number of alkyl halides is 2. The van der Waals surface area contributed by atoms with Crippen molar-refractivity contribution in [3.63, 3.8) is 0 Å². The Labute approximate surface area is 131 Å². The average molecular weight is 320 g/mol. The number of rotatable bonds is 3. The molecule has 0 atom stereocenters. The molecule has 0 aliphatic carbocycles. The molecule has 0 radical (unpaired) electrons. The highest BCUT2D eigenvalue weighted by molar-refractivity contribution is 5.95. The Morgan fingerprint density at radius 2 is 1.83 bits per heavy atom. The highest BCUT2D eigenvalue weighted by Gasteiger charge is 2.37. The number of nitrogens with zero attached hydrogens (tertiary/aromatic N) is 1. The Balaban J connectivity index is 1.95. The van der Waals surface area contributed by atoms with Gasteiger partial charge in [-0.1, -0.05) is 30.3 Å². The zero-order chi connectivity index (χ0) is 16.4. The summed E-state index contributed by atoms with van der Waals surface area (Å²) < 4.78 is 43.2. The van der Waals surface area contributed by atoms with E-state index in [9.17, 15) is 18.0 Å². The molecule has 0 aromatic heterocycles. The molecule has 0 saturated carbocycles. The summed E-state index contributed by atoms with van der Waals surface area (Å²) in [7, 11) is 0. The van der Waals surface area contributed by atoms with Crippen molar-refractivity contribution in [1.82, 2.24) is 5.32 Å². The lowest BCUT2D eigenvalue weighted by molar-refractivity contribution is -0.118. The first-order valence-electron chi connectivity index (χ1n) is 7.24. The number of carbonyl (C=O) groups excluding carboxylic acids is 1. The van der Waals surface area contributed by atoms with Gasteiger partial charge in [-0.05, 0) is 18.2 Å². The second-order valence-corrected chi connectivity index (χ2v) is 5.33. The highest BCUT2D eigenvalue weighted by Crippen LogP contribution is 2.38. The molecule has 1 fully saturated rings. The van der Waals surface area contributed by atoms with Crippen LogP contribution in [0.4, 0.5) is 18.9 Å². The number of benzene rings is 2. The fourth-order valence-electron chi connectivity index (χ4n) is 2.61. The number of hydrogen-bond donors (Lipinski definition) is 1.